The maximum absolute atomic E-state index is 12.7. The van der Waals surface area contributed by atoms with Crippen LogP contribution in [0.4, 0.5) is 5.69 Å². The maximum atomic E-state index is 12.7. The van der Waals surface area contributed by atoms with Crippen molar-refractivity contribution in [3.8, 4) is 0 Å². The molecule has 2 fully saturated rings. The molecule has 0 spiro atoms. The van der Waals surface area contributed by atoms with Gasteiger partial charge in [0.2, 0.25) is 5.91 Å². The summed E-state index contributed by atoms with van der Waals surface area (Å²) in [6.07, 6.45) is 5.57. The lowest BCUT2D eigenvalue weighted by Crippen LogP contribution is -2.40. The van der Waals surface area contributed by atoms with E-state index in [4.69, 9.17) is 0 Å². The number of aryl methyl sites for hydroxylation is 1. The van der Waals surface area contributed by atoms with Gasteiger partial charge in [-0.05, 0) is 45.7 Å². The Morgan fingerprint density at radius 3 is 2.81 bits per heavy atom. The number of hydrogen-bond donors (Lipinski definition) is 0. The quantitative estimate of drug-likeness (QED) is 0.802. The highest BCUT2D eigenvalue weighted by molar-refractivity contribution is 5.76. The minimum Gasteiger partial charge on any atom is -0.370 e. The third-order valence-corrected chi connectivity index (χ3v) is 5.57. The van der Waals surface area contributed by atoms with Gasteiger partial charge in [0.25, 0.3) is 5.56 Å². The van der Waals surface area contributed by atoms with E-state index >= 15 is 0 Å². The molecule has 0 bridgehead atoms. The van der Waals surface area contributed by atoms with E-state index in [1.165, 1.54) is 4.68 Å². The van der Waals surface area contributed by atoms with Crippen LogP contribution in [0.3, 0.4) is 0 Å². The fourth-order valence-electron chi connectivity index (χ4n) is 3.97. The number of piperidine rings is 1. The Bertz CT molecular complexity index is 674. The average molecular weight is 361 g/mol. The molecule has 2 aliphatic rings. The first-order valence-electron chi connectivity index (χ1n) is 9.85. The molecule has 2 aliphatic heterocycles. The van der Waals surface area contributed by atoms with Gasteiger partial charge < -0.3 is 14.7 Å². The molecular formula is C19H31N5O2. The predicted molar refractivity (Wildman–Crippen MR) is 102 cm³/mol. The number of nitrogens with zero attached hydrogens (tertiary/aromatic N) is 5. The molecule has 1 atom stereocenters. The van der Waals surface area contributed by atoms with Crippen LogP contribution >= 0.6 is 0 Å². The van der Waals surface area contributed by atoms with Gasteiger partial charge >= 0.3 is 0 Å². The molecule has 1 unspecified atom stereocenters. The molecule has 3 rings (SSSR count). The number of aromatic nitrogens is 2. The third kappa shape index (κ3) is 4.63. The van der Waals surface area contributed by atoms with Crippen molar-refractivity contribution >= 4 is 11.6 Å². The highest BCUT2D eigenvalue weighted by Crippen LogP contribution is 2.24. The summed E-state index contributed by atoms with van der Waals surface area (Å²) >= 11 is 0. The summed E-state index contributed by atoms with van der Waals surface area (Å²) in [6.45, 7) is 7.99. The Morgan fingerprint density at radius 2 is 2.04 bits per heavy atom. The Labute approximate surface area is 155 Å². The van der Waals surface area contributed by atoms with E-state index < -0.39 is 0 Å². The molecule has 0 aliphatic carbocycles. The highest BCUT2D eigenvalue weighted by Gasteiger charge is 2.26. The molecule has 1 amide bonds. The normalized spacial score (nSPS) is 22.3. The lowest BCUT2D eigenvalue weighted by molar-refractivity contribution is -0.132. The number of likely N-dealkylation sites (N-methyl/N-ethyl adjacent to an activating group) is 1. The Hall–Kier alpha value is -1.89. The molecule has 7 heteroatoms. The fraction of sp³-hybridized carbons (Fsp3) is 0.737. The predicted octanol–water partition coefficient (Wildman–Crippen LogP) is 1.03. The molecule has 0 N–H and O–H groups in total. The van der Waals surface area contributed by atoms with Crippen molar-refractivity contribution < 1.29 is 4.79 Å². The Balaban J connectivity index is 1.59. The van der Waals surface area contributed by atoms with E-state index in [-0.39, 0.29) is 11.5 Å². The zero-order valence-electron chi connectivity index (χ0n) is 16.1. The van der Waals surface area contributed by atoms with Crippen LogP contribution in [0.5, 0.6) is 0 Å². The molecule has 3 heterocycles. The van der Waals surface area contributed by atoms with Crippen LogP contribution in [0.15, 0.2) is 17.1 Å². The van der Waals surface area contributed by atoms with Crippen LogP contribution in [-0.2, 0) is 11.3 Å². The number of hydrogen-bond acceptors (Lipinski definition) is 5. The molecule has 1 aromatic rings. The average Bonchev–Trinajstić information content (AvgIpc) is 2.86. The van der Waals surface area contributed by atoms with Crippen LogP contribution < -0.4 is 10.5 Å². The van der Waals surface area contributed by atoms with E-state index in [9.17, 15) is 9.59 Å². The summed E-state index contributed by atoms with van der Waals surface area (Å²) in [7, 11) is 2.12. The van der Waals surface area contributed by atoms with E-state index in [2.05, 4.69) is 21.9 Å². The minimum absolute atomic E-state index is 0.0584. The molecule has 144 valence electrons. The van der Waals surface area contributed by atoms with Crippen LogP contribution in [0.2, 0.25) is 0 Å². The van der Waals surface area contributed by atoms with Crippen molar-refractivity contribution in [3.05, 3.63) is 22.6 Å². The molecule has 1 aromatic heterocycles. The van der Waals surface area contributed by atoms with Gasteiger partial charge in [0.1, 0.15) is 0 Å². The van der Waals surface area contributed by atoms with Gasteiger partial charge in [0.15, 0.2) is 0 Å². The van der Waals surface area contributed by atoms with Gasteiger partial charge in [-0.15, -0.1) is 0 Å². The van der Waals surface area contributed by atoms with Crippen molar-refractivity contribution in [1.82, 2.24) is 19.6 Å². The summed E-state index contributed by atoms with van der Waals surface area (Å²) in [5.41, 5.74) is 0.824. The van der Waals surface area contributed by atoms with Crippen LogP contribution in [0, 0.1) is 5.92 Å². The maximum Gasteiger partial charge on any atom is 0.268 e. The summed E-state index contributed by atoms with van der Waals surface area (Å²) in [5.74, 6) is 0.637. The molecule has 0 radical (unpaired) electrons. The lowest BCUT2D eigenvalue weighted by Gasteiger charge is -2.34. The first kappa shape index (κ1) is 18.9. The van der Waals surface area contributed by atoms with Crippen molar-refractivity contribution in [1.29, 1.82) is 0 Å². The summed E-state index contributed by atoms with van der Waals surface area (Å²) < 4.78 is 1.46. The van der Waals surface area contributed by atoms with Gasteiger partial charge in [0.05, 0.1) is 11.9 Å². The largest absolute Gasteiger partial charge is 0.370 e. The monoisotopic (exact) mass is 361 g/mol. The van der Waals surface area contributed by atoms with Gasteiger partial charge in [-0.1, -0.05) is 0 Å². The minimum atomic E-state index is -0.0584. The van der Waals surface area contributed by atoms with E-state index in [0.29, 0.717) is 18.9 Å². The molecule has 26 heavy (non-hydrogen) atoms. The number of amides is 1. The SMILES string of the molecule is CCn1ncc(N2CCCC(CC(=O)N3CCCN(C)CC3)C2)cc1=O. The van der Waals surface area contributed by atoms with Crippen molar-refractivity contribution in [2.24, 2.45) is 5.92 Å². The smallest absolute Gasteiger partial charge is 0.268 e. The zero-order chi connectivity index (χ0) is 18.5. The van der Waals surface area contributed by atoms with Crippen LogP contribution in [0.25, 0.3) is 0 Å². The van der Waals surface area contributed by atoms with E-state index in [0.717, 1.165) is 64.2 Å². The molecule has 0 aromatic carbocycles. The van der Waals surface area contributed by atoms with Gasteiger partial charge in [-0.3, -0.25) is 9.59 Å². The number of rotatable bonds is 4. The van der Waals surface area contributed by atoms with Crippen molar-refractivity contribution in [2.75, 3.05) is 51.2 Å². The Kier molecular flexibility index (Phi) is 6.29. The number of carbonyl (C=O) groups is 1. The lowest BCUT2D eigenvalue weighted by atomic mass is 9.94. The second-order valence-electron chi connectivity index (χ2n) is 7.56. The topological polar surface area (TPSA) is 61.7 Å². The summed E-state index contributed by atoms with van der Waals surface area (Å²) in [5, 5.41) is 4.23. The van der Waals surface area contributed by atoms with Crippen LogP contribution in [0.1, 0.15) is 32.6 Å². The molecule has 0 saturated carbocycles. The van der Waals surface area contributed by atoms with Crippen LogP contribution in [-0.4, -0.2) is 71.8 Å². The molecule has 7 nitrogen and oxygen atoms in total. The fourth-order valence-corrected chi connectivity index (χ4v) is 3.97. The summed E-state index contributed by atoms with van der Waals surface area (Å²) in [6, 6.07) is 1.67. The first-order chi connectivity index (χ1) is 12.6. The van der Waals surface area contributed by atoms with Crippen molar-refractivity contribution in [2.45, 2.75) is 39.2 Å². The Morgan fingerprint density at radius 1 is 1.19 bits per heavy atom. The summed E-state index contributed by atoms with van der Waals surface area (Å²) in [4.78, 5) is 31.3. The van der Waals surface area contributed by atoms with Gasteiger partial charge in [-0.2, -0.15) is 5.10 Å². The van der Waals surface area contributed by atoms with Crippen molar-refractivity contribution in [3.63, 3.8) is 0 Å². The van der Waals surface area contributed by atoms with Gasteiger partial charge in [0, 0.05) is 51.8 Å². The second kappa shape index (κ2) is 8.66. The second-order valence-corrected chi connectivity index (χ2v) is 7.56. The highest BCUT2D eigenvalue weighted by atomic mass is 16.2. The number of carbonyl (C=O) groups excluding carboxylic acids is 1. The van der Waals surface area contributed by atoms with E-state index in [1.54, 1.807) is 12.3 Å². The zero-order valence-corrected chi connectivity index (χ0v) is 16.1. The van der Waals surface area contributed by atoms with E-state index in [1.807, 2.05) is 11.8 Å². The third-order valence-electron chi connectivity index (χ3n) is 5.57. The van der Waals surface area contributed by atoms with Gasteiger partial charge in [-0.25, -0.2) is 4.68 Å². The standard InChI is InChI=1S/C19H31N5O2/c1-3-24-19(26)13-17(14-20-24)23-8-4-6-16(15-23)12-18(25)22-9-5-7-21(2)10-11-22/h13-14,16H,3-12,15H2,1-2H3. The molecular weight excluding hydrogens is 330 g/mol. The molecule has 2 saturated heterocycles. The first-order valence-corrected chi connectivity index (χ1v) is 9.85. The number of anilines is 1.